The first-order valence-electron chi connectivity index (χ1n) is 8.14. The molecule has 0 spiro atoms. The van der Waals surface area contributed by atoms with Crippen molar-refractivity contribution in [1.29, 1.82) is 4.78 Å². The number of benzene rings is 1. The van der Waals surface area contributed by atoms with Gasteiger partial charge in [-0.3, -0.25) is 4.78 Å². The van der Waals surface area contributed by atoms with Crippen molar-refractivity contribution >= 4 is 21.8 Å². The Balaban J connectivity index is 1.42. The molecule has 0 radical (unpaired) electrons. The van der Waals surface area contributed by atoms with Gasteiger partial charge in [0.05, 0.1) is 6.04 Å². The second kappa shape index (κ2) is 6.32. The van der Waals surface area contributed by atoms with E-state index in [-0.39, 0.29) is 29.3 Å². The van der Waals surface area contributed by atoms with Crippen LogP contribution in [-0.2, 0) is 16.5 Å². The van der Waals surface area contributed by atoms with Crippen molar-refractivity contribution in [2.75, 3.05) is 23.4 Å². The lowest BCUT2D eigenvalue weighted by Gasteiger charge is -2.39. The monoisotopic (exact) mass is 382 g/mol. The van der Waals surface area contributed by atoms with Crippen LogP contribution in [0, 0.1) is 16.5 Å². The number of halogens is 1. The summed E-state index contributed by atoms with van der Waals surface area (Å²) in [5.41, 5.74) is 2.06. The maximum Gasteiger partial charge on any atom is 0.202 e. The minimum absolute atomic E-state index is 0.0757. The molecule has 5 N–H and O–H groups in total. The Kier molecular flexibility index (Phi) is 4.11. The van der Waals surface area contributed by atoms with E-state index in [0.29, 0.717) is 30.3 Å². The highest BCUT2D eigenvalue weighted by Gasteiger charge is 2.31. The SMILES string of the molecule is N=[SH]1(O)CC(CNc2nonc2C(=NO)NC2Cc3ccc(F)cc32)C1. The number of rotatable bonds is 5. The van der Waals surface area contributed by atoms with Gasteiger partial charge >= 0.3 is 0 Å². The van der Waals surface area contributed by atoms with Crippen molar-refractivity contribution in [2.24, 2.45) is 11.1 Å². The van der Waals surface area contributed by atoms with Gasteiger partial charge in [0, 0.05) is 18.1 Å². The maximum atomic E-state index is 13.4. The number of fused-ring (bicyclic) bond motifs is 1. The number of amidine groups is 1. The van der Waals surface area contributed by atoms with E-state index in [1.54, 1.807) is 6.07 Å². The van der Waals surface area contributed by atoms with Crippen LogP contribution in [0.3, 0.4) is 0 Å². The number of thiol groups is 1. The predicted octanol–water partition coefficient (Wildman–Crippen LogP) is 1.39. The minimum Gasteiger partial charge on any atom is -0.409 e. The highest BCUT2D eigenvalue weighted by atomic mass is 32.3. The van der Waals surface area contributed by atoms with Gasteiger partial charge in [0.2, 0.25) is 5.82 Å². The Morgan fingerprint density at radius 2 is 2.23 bits per heavy atom. The molecule has 1 aliphatic heterocycles. The van der Waals surface area contributed by atoms with Crippen LogP contribution in [-0.4, -0.2) is 44.0 Å². The van der Waals surface area contributed by atoms with Crippen molar-refractivity contribution in [2.45, 2.75) is 12.5 Å². The maximum absolute atomic E-state index is 13.4. The van der Waals surface area contributed by atoms with E-state index in [2.05, 4.69) is 26.1 Å². The van der Waals surface area contributed by atoms with Crippen LogP contribution in [0.5, 0.6) is 0 Å². The Hall–Kier alpha value is -2.53. The van der Waals surface area contributed by atoms with Crippen LogP contribution >= 0.6 is 0 Å². The van der Waals surface area contributed by atoms with E-state index in [9.17, 15) is 14.2 Å². The minimum atomic E-state index is -2.42. The third kappa shape index (κ3) is 3.15. The summed E-state index contributed by atoms with van der Waals surface area (Å²) in [7, 11) is -2.42. The largest absolute Gasteiger partial charge is 0.409 e. The molecular formula is C15H19FN6O3S. The van der Waals surface area contributed by atoms with Crippen LogP contribution in [0.25, 0.3) is 0 Å². The molecule has 2 heterocycles. The average molecular weight is 382 g/mol. The summed E-state index contributed by atoms with van der Waals surface area (Å²) < 4.78 is 35.3. The summed E-state index contributed by atoms with van der Waals surface area (Å²) in [4.78, 5) is 0. The summed E-state index contributed by atoms with van der Waals surface area (Å²) in [6, 6.07) is 4.41. The first-order chi connectivity index (χ1) is 12.4. The fraction of sp³-hybridized carbons (Fsp3) is 0.400. The number of anilines is 1. The molecule has 1 aromatic heterocycles. The zero-order valence-electron chi connectivity index (χ0n) is 13.7. The number of nitrogens with one attached hydrogen (secondary N) is 3. The van der Waals surface area contributed by atoms with E-state index in [1.807, 2.05) is 0 Å². The molecule has 1 aromatic carbocycles. The number of aromatic nitrogens is 2. The van der Waals surface area contributed by atoms with Gasteiger partial charge in [0.15, 0.2) is 11.5 Å². The quantitative estimate of drug-likeness (QED) is 0.151. The summed E-state index contributed by atoms with van der Waals surface area (Å²) >= 11 is 0. The van der Waals surface area contributed by atoms with Gasteiger partial charge in [0.1, 0.15) is 5.82 Å². The highest BCUT2D eigenvalue weighted by molar-refractivity contribution is 8.00. The molecule has 2 aliphatic rings. The number of hydrogen-bond donors (Lipinski definition) is 6. The van der Waals surface area contributed by atoms with Crippen molar-refractivity contribution in [3.05, 3.63) is 40.8 Å². The second-order valence-corrected chi connectivity index (χ2v) is 9.26. The molecule has 140 valence electrons. The summed E-state index contributed by atoms with van der Waals surface area (Å²) in [5, 5.41) is 26.2. The number of hydrogen-bond acceptors (Lipinski definition) is 7. The van der Waals surface area contributed by atoms with Gasteiger partial charge in [-0.1, -0.05) is 11.2 Å². The van der Waals surface area contributed by atoms with Crippen molar-refractivity contribution in [3.63, 3.8) is 0 Å². The zero-order valence-corrected chi connectivity index (χ0v) is 14.6. The fourth-order valence-corrected chi connectivity index (χ4v) is 5.20. The molecule has 4 rings (SSSR count). The topological polar surface area (TPSA) is 140 Å². The van der Waals surface area contributed by atoms with Gasteiger partial charge in [-0.25, -0.2) is 9.02 Å². The van der Waals surface area contributed by atoms with Crippen LogP contribution < -0.4 is 10.6 Å². The molecule has 1 saturated heterocycles. The highest BCUT2D eigenvalue weighted by Crippen LogP contribution is 2.34. The average Bonchev–Trinajstić information content (AvgIpc) is 3.02. The molecule has 0 saturated carbocycles. The molecule has 0 bridgehead atoms. The molecule has 11 heteroatoms. The van der Waals surface area contributed by atoms with Crippen LogP contribution in [0.2, 0.25) is 0 Å². The Morgan fingerprint density at radius 3 is 2.96 bits per heavy atom. The van der Waals surface area contributed by atoms with Gasteiger partial charge in [-0.05, 0) is 45.9 Å². The molecule has 1 fully saturated rings. The fourth-order valence-electron chi connectivity index (χ4n) is 3.34. The third-order valence-corrected chi connectivity index (χ3v) is 6.95. The lowest BCUT2D eigenvalue weighted by molar-refractivity contribution is 0.303. The summed E-state index contributed by atoms with van der Waals surface area (Å²) in [5.74, 6) is 1.24. The number of oxime groups is 1. The standard InChI is InChI=1S/C15H19FN6O3S/c16-10-2-1-9-3-12(11(9)4-10)19-15(20-23)13-14(22-25-21-13)18-5-8-6-26(17,24)7-8/h1-2,4,8,12,23,26H,3,5-7H2,(H2,17,24)(H,18,22)(H,19,20). The second-order valence-electron chi connectivity index (χ2n) is 6.69. The molecule has 1 aliphatic carbocycles. The van der Waals surface area contributed by atoms with E-state index < -0.39 is 10.1 Å². The third-order valence-electron chi connectivity index (χ3n) is 4.71. The summed E-state index contributed by atoms with van der Waals surface area (Å²) in [6.07, 6.45) is 0.677. The first-order valence-corrected chi connectivity index (χ1v) is 10.2. The van der Waals surface area contributed by atoms with Crippen molar-refractivity contribution < 1.29 is 18.8 Å². The van der Waals surface area contributed by atoms with Crippen LogP contribution in [0.1, 0.15) is 22.9 Å². The van der Waals surface area contributed by atoms with Crippen molar-refractivity contribution in [3.8, 4) is 0 Å². The zero-order chi connectivity index (χ0) is 18.3. The Labute approximate surface area is 149 Å². The van der Waals surface area contributed by atoms with E-state index in [4.69, 9.17) is 9.41 Å². The van der Waals surface area contributed by atoms with Gasteiger partial charge < -0.3 is 20.4 Å². The smallest absolute Gasteiger partial charge is 0.202 e. The molecule has 2 aromatic rings. The predicted molar refractivity (Wildman–Crippen MR) is 94.4 cm³/mol. The normalized spacial score (nSPS) is 24.8. The van der Waals surface area contributed by atoms with E-state index >= 15 is 0 Å². The number of nitrogens with zero attached hydrogens (tertiary/aromatic N) is 3. The lowest BCUT2D eigenvalue weighted by atomic mass is 9.83. The van der Waals surface area contributed by atoms with Crippen LogP contribution in [0.15, 0.2) is 28.0 Å². The van der Waals surface area contributed by atoms with Gasteiger partial charge in [-0.15, -0.1) is 10.1 Å². The Morgan fingerprint density at radius 1 is 1.42 bits per heavy atom. The molecule has 9 nitrogen and oxygen atoms in total. The lowest BCUT2D eigenvalue weighted by Crippen LogP contribution is -2.44. The van der Waals surface area contributed by atoms with E-state index in [0.717, 1.165) is 11.1 Å². The molecular weight excluding hydrogens is 363 g/mol. The van der Waals surface area contributed by atoms with Crippen LogP contribution in [0.4, 0.5) is 10.2 Å². The first kappa shape index (κ1) is 16.9. The molecule has 1 atom stereocenters. The molecule has 26 heavy (non-hydrogen) atoms. The summed E-state index contributed by atoms with van der Waals surface area (Å²) in [6.45, 7) is 0.512. The molecule has 1 unspecified atom stereocenters. The Bertz CT molecular complexity index is 907. The van der Waals surface area contributed by atoms with Crippen molar-refractivity contribution in [1.82, 2.24) is 15.6 Å². The van der Waals surface area contributed by atoms with E-state index in [1.165, 1.54) is 12.1 Å². The van der Waals surface area contributed by atoms with Gasteiger partial charge in [0.25, 0.3) is 0 Å². The van der Waals surface area contributed by atoms with Gasteiger partial charge in [-0.2, -0.15) is 0 Å². The molecule has 0 amide bonds.